The van der Waals surface area contributed by atoms with E-state index >= 15 is 0 Å². The van der Waals surface area contributed by atoms with Crippen LogP contribution in [0.3, 0.4) is 0 Å². The minimum atomic E-state index is -3.36. The van der Waals surface area contributed by atoms with Crippen molar-refractivity contribution in [3.8, 4) is 0 Å². The molecule has 0 aromatic rings. The third-order valence-electron chi connectivity index (χ3n) is 1.96. The van der Waals surface area contributed by atoms with Gasteiger partial charge >= 0.3 is 5.97 Å². The van der Waals surface area contributed by atoms with Gasteiger partial charge in [0.2, 0.25) is 0 Å². The average Bonchev–Trinajstić information content (AvgIpc) is 2.25. The van der Waals surface area contributed by atoms with Gasteiger partial charge in [0, 0.05) is 26.7 Å². The molecule has 0 aliphatic carbocycles. The predicted molar refractivity (Wildman–Crippen MR) is 45.4 cm³/mol. The van der Waals surface area contributed by atoms with Crippen LogP contribution >= 0.6 is 0 Å². The van der Waals surface area contributed by atoms with Gasteiger partial charge in [-0.05, 0) is 0 Å². The van der Waals surface area contributed by atoms with E-state index in [0.29, 0.717) is 13.1 Å². The fourth-order valence-corrected chi connectivity index (χ4v) is 2.47. The molecule has 0 bridgehead atoms. The molecule has 0 saturated carbocycles. The summed E-state index contributed by atoms with van der Waals surface area (Å²) in [4.78, 5) is 10.2. The highest BCUT2D eigenvalue weighted by Gasteiger charge is 2.33. The second kappa shape index (κ2) is 3.60. The molecule has 6 nitrogen and oxygen atoms in total. The normalized spacial score (nSPS) is 23.5. The number of carboxylic acid groups (broad SMARTS) is 1. The van der Waals surface area contributed by atoms with Crippen molar-refractivity contribution in [1.82, 2.24) is 8.61 Å². The molecule has 1 aliphatic rings. The Morgan fingerprint density at radius 3 is 2.46 bits per heavy atom. The number of likely N-dealkylation sites (N-methyl/N-ethyl adjacent to an activating group) is 1. The van der Waals surface area contributed by atoms with Gasteiger partial charge in [0.15, 0.2) is 0 Å². The first-order chi connectivity index (χ1) is 5.94. The molecule has 1 fully saturated rings. The first-order valence-corrected chi connectivity index (χ1v) is 5.27. The lowest BCUT2D eigenvalue weighted by Crippen LogP contribution is -2.32. The third kappa shape index (κ3) is 2.17. The SMILES string of the molecule is CN1CCN(CCC(=O)O)S1(=O)=O. The molecule has 0 aromatic heterocycles. The molecule has 1 N–H and O–H groups in total. The molecule has 0 spiro atoms. The van der Waals surface area contributed by atoms with Crippen molar-refractivity contribution in [2.75, 3.05) is 26.7 Å². The van der Waals surface area contributed by atoms with Crippen molar-refractivity contribution >= 4 is 16.2 Å². The Morgan fingerprint density at radius 2 is 2.08 bits per heavy atom. The Balaban J connectivity index is 2.58. The largest absolute Gasteiger partial charge is 0.481 e. The smallest absolute Gasteiger partial charge is 0.304 e. The summed E-state index contributed by atoms with van der Waals surface area (Å²) in [5.74, 6) is -0.982. The number of hydrogen-bond acceptors (Lipinski definition) is 3. The van der Waals surface area contributed by atoms with Crippen molar-refractivity contribution in [3.63, 3.8) is 0 Å². The zero-order valence-electron chi connectivity index (χ0n) is 7.30. The van der Waals surface area contributed by atoms with E-state index in [1.807, 2.05) is 0 Å². The van der Waals surface area contributed by atoms with Gasteiger partial charge in [-0.15, -0.1) is 0 Å². The van der Waals surface area contributed by atoms with Crippen LogP contribution in [0, 0.1) is 0 Å². The molecule has 13 heavy (non-hydrogen) atoms. The molecule has 1 saturated heterocycles. The van der Waals surface area contributed by atoms with Gasteiger partial charge in [-0.1, -0.05) is 0 Å². The highest BCUT2D eigenvalue weighted by atomic mass is 32.2. The van der Waals surface area contributed by atoms with Gasteiger partial charge < -0.3 is 5.11 Å². The molecule has 0 amide bonds. The Labute approximate surface area is 76.9 Å². The number of aliphatic carboxylic acids is 1. The fraction of sp³-hybridized carbons (Fsp3) is 0.833. The predicted octanol–water partition coefficient (Wildman–Crippen LogP) is -1.05. The molecule has 0 radical (unpaired) electrons. The number of carbonyl (C=O) groups is 1. The lowest BCUT2D eigenvalue weighted by atomic mass is 10.4. The Bertz CT molecular complexity index is 300. The average molecular weight is 208 g/mol. The van der Waals surface area contributed by atoms with Crippen molar-refractivity contribution < 1.29 is 18.3 Å². The lowest BCUT2D eigenvalue weighted by molar-refractivity contribution is -0.137. The van der Waals surface area contributed by atoms with Crippen molar-refractivity contribution in [2.45, 2.75) is 6.42 Å². The summed E-state index contributed by atoms with van der Waals surface area (Å²) in [6, 6.07) is 0. The Kier molecular flexibility index (Phi) is 2.89. The number of hydrogen-bond donors (Lipinski definition) is 1. The van der Waals surface area contributed by atoms with E-state index in [0.717, 1.165) is 0 Å². The molecule has 1 heterocycles. The summed E-state index contributed by atoms with van der Waals surface area (Å²) in [5.41, 5.74) is 0. The first-order valence-electron chi connectivity index (χ1n) is 3.88. The van der Waals surface area contributed by atoms with Crippen LogP contribution in [0.1, 0.15) is 6.42 Å². The van der Waals surface area contributed by atoms with E-state index in [1.54, 1.807) is 0 Å². The van der Waals surface area contributed by atoms with Gasteiger partial charge in [0.1, 0.15) is 0 Å². The molecule has 76 valence electrons. The zero-order chi connectivity index (χ0) is 10.1. The number of rotatable bonds is 3. The lowest BCUT2D eigenvalue weighted by Gasteiger charge is -2.13. The minimum absolute atomic E-state index is 0.0575. The van der Waals surface area contributed by atoms with Gasteiger partial charge in [-0.25, -0.2) is 0 Å². The number of carboxylic acids is 1. The zero-order valence-corrected chi connectivity index (χ0v) is 8.12. The van der Waals surface area contributed by atoms with Crippen molar-refractivity contribution in [2.24, 2.45) is 0 Å². The molecule has 0 unspecified atom stereocenters. The summed E-state index contributed by atoms with van der Waals surface area (Å²) in [7, 11) is -1.88. The van der Waals surface area contributed by atoms with E-state index in [9.17, 15) is 13.2 Å². The minimum Gasteiger partial charge on any atom is -0.481 e. The summed E-state index contributed by atoms with van der Waals surface area (Å²) in [6.45, 7) is 0.871. The Morgan fingerprint density at radius 1 is 1.46 bits per heavy atom. The first kappa shape index (κ1) is 10.4. The highest BCUT2D eigenvalue weighted by molar-refractivity contribution is 7.87. The molecule has 1 rings (SSSR count). The third-order valence-corrected chi connectivity index (χ3v) is 3.95. The standard InChI is InChI=1S/C6H12N2O4S/c1-7-4-5-8(13(7,11)12)3-2-6(9)10/h2-5H2,1H3,(H,9,10). The molecule has 0 atom stereocenters. The maximum atomic E-state index is 11.4. The maximum absolute atomic E-state index is 11.4. The van der Waals surface area contributed by atoms with E-state index < -0.39 is 16.2 Å². The maximum Gasteiger partial charge on any atom is 0.304 e. The highest BCUT2D eigenvalue weighted by Crippen LogP contribution is 2.13. The van der Waals surface area contributed by atoms with Crippen LogP contribution in [-0.4, -0.2) is 54.8 Å². The summed E-state index contributed by atoms with van der Waals surface area (Å²) in [5, 5.41) is 8.37. The van der Waals surface area contributed by atoms with Crippen LogP contribution in [-0.2, 0) is 15.0 Å². The van der Waals surface area contributed by atoms with Crippen LogP contribution in [0.5, 0.6) is 0 Å². The summed E-state index contributed by atoms with van der Waals surface area (Å²) >= 11 is 0. The van der Waals surface area contributed by atoms with Gasteiger partial charge in [0.25, 0.3) is 10.2 Å². The van der Waals surface area contributed by atoms with E-state index in [1.165, 1.54) is 15.7 Å². The van der Waals surface area contributed by atoms with Crippen LogP contribution in [0.15, 0.2) is 0 Å². The molecule has 1 aliphatic heterocycles. The molecule has 7 heteroatoms. The Hall–Kier alpha value is -0.660. The molecule has 0 aromatic carbocycles. The van der Waals surface area contributed by atoms with Crippen LogP contribution in [0.2, 0.25) is 0 Å². The van der Waals surface area contributed by atoms with Crippen LogP contribution < -0.4 is 0 Å². The van der Waals surface area contributed by atoms with E-state index in [-0.39, 0.29) is 13.0 Å². The molecular weight excluding hydrogens is 196 g/mol. The van der Waals surface area contributed by atoms with Crippen LogP contribution in [0.4, 0.5) is 0 Å². The topological polar surface area (TPSA) is 77.9 Å². The number of nitrogens with zero attached hydrogens (tertiary/aromatic N) is 2. The van der Waals surface area contributed by atoms with Crippen LogP contribution in [0.25, 0.3) is 0 Å². The van der Waals surface area contributed by atoms with Gasteiger partial charge in [-0.3, -0.25) is 4.79 Å². The van der Waals surface area contributed by atoms with Gasteiger partial charge in [0.05, 0.1) is 6.42 Å². The monoisotopic (exact) mass is 208 g/mol. The molecular formula is C6H12N2O4S. The fourth-order valence-electron chi connectivity index (χ4n) is 1.13. The second-order valence-corrected chi connectivity index (χ2v) is 4.91. The van der Waals surface area contributed by atoms with Gasteiger partial charge in [-0.2, -0.15) is 17.0 Å². The van der Waals surface area contributed by atoms with Crippen molar-refractivity contribution in [3.05, 3.63) is 0 Å². The second-order valence-electron chi connectivity index (χ2n) is 2.87. The quantitative estimate of drug-likeness (QED) is 0.642. The van der Waals surface area contributed by atoms with Crippen molar-refractivity contribution in [1.29, 1.82) is 0 Å². The summed E-state index contributed by atoms with van der Waals surface area (Å²) in [6.07, 6.45) is -0.146. The van der Waals surface area contributed by atoms with E-state index in [4.69, 9.17) is 5.11 Å². The summed E-state index contributed by atoms with van der Waals surface area (Å²) < 4.78 is 25.1. The van der Waals surface area contributed by atoms with E-state index in [2.05, 4.69) is 0 Å².